The molecule has 1 atom stereocenters. The average Bonchev–Trinajstić information content (AvgIpc) is 2.53. The van der Waals surface area contributed by atoms with E-state index in [2.05, 4.69) is 5.32 Å². The monoisotopic (exact) mass is 308 g/mol. The maximum absolute atomic E-state index is 13.6. The highest BCUT2D eigenvalue weighted by atomic mass is 19.1. The summed E-state index contributed by atoms with van der Waals surface area (Å²) < 4.78 is 18.5. The van der Waals surface area contributed by atoms with Crippen LogP contribution < -0.4 is 15.8 Å². The predicted octanol–water partition coefficient (Wildman–Crippen LogP) is 2.40. The van der Waals surface area contributed by atoms with Gasteiger partial charge in [0.2, 0.25) is 5.91 Å². The van der Waals surface area contributed by atoms with Crippen LogP contribution in [0.1, 0.15) is 37.7 Å². The van der Waals surface area contributed by atoms with Gasteiger partial charge in [0.1, 0.15) is 0 Å². The summed E-state index contributed by atoms with van der Waals surface area (Å²) in [6.07, 6.45) is 6.09. The van der Waals surface area contributed by atoms with Crippen molar-refractivity contribution in [1.29, 1.82) is 0 Å². The van der Waals surface area contributed by atoms with E-state index < -0.39 is 5.82 Å². The normalized spacial score (nSPS) is 17.0. The Morgan fingerprint density at radius 2 is 2.14 bits per heavy atom. The van der Waals surface area contributed by atoms with Gasteiger partial charge >= 0.3 is 0 Å². The third-order valence-electron chi connectivity index (χ3n) is 4.40. The zero-order valence-corrected chi connectivity index (χ0v) is 13.1. The van der Waals surface area contributed by atoms with Crippen LogP contribution in [0.5, 0.6) is 5.75 Å². The maximum atomic E-state index is 13.6. The number of carbonyl (C=O) groups excluding carboxylic acids is 1. The van der Waals surface area contributed by atoms with Crippen LogP contribution in [0.4, 0.5) is 4.39 Å². The van der Waals surface area contributed by atoms with Gasteiger partial charge in [0, 0.05) is 12.6 Å². The minimum Gasteiger partial charge on any atom is -0.494 e. The minimum atomic E-state index is -0.449. The number of ether oxygens (including phenoxy) is 1. The summed E-state index contributed by atoms with van der Waals surface area (Å²) in [5.74, 6) is 0.0996. The molecule has 1 aromatic carbocycles. The number of hydrogen-bond donors (Lipinski definition) is 2. The van der Waals surface area contributed by atoms with Crippen LogP contribution in [-0.4, -0.2) is 25.6 Å². The molecule has 1 unspecified atom stereocenters. The molecule has 1 saturated carbocycles. The predicted molar refractivity (Wildman–Crippen MR) is 84.2 cm³/mol. The van der Waals surface area contributed by atoms with Crippen LogP contribution in [0, 0.1) is 11.7 Å². The molecule has 0 spiro atoms. The molecule has 0 aliphatic heterocycles. The van der Waals surface area contributed by atoms with Gasteiger partial charge in [-0.15, -0.1) is 0 Å². The number of nitrogens with two attached hydrogens (primary N) is 1. The molecule has 3 N–H and O–H groups in total. The summed E-state index contributed by atoms with van der Waals surface area (Å²) in [7, 11) is 1.42. The fourth-order valence-corrected chi connectivity index (χ4v) is 3.17. The van der Waals surface area contributed by atoms with Crippen molar-refractivity contribution < 1.29 is 13.9 Å². The molecule has 1 aliphatic rings. The number of benzene rings is 1. The molecule has 2 rings (SSSR count). The minimum absolute atomic E-state index is 0.0240. The Morgan fingerprint density at radius 3 is 2.73 bits per heavy atom. The van der Waals surface area contributed by atoms with Gasteiger partial charge in [-0.25, -0.2) is 4.39 Å². The van der Waals surface area contributed by atoms with Crippen molar-refractivity contribution in [1.82, 2.24) is 5.32 Å². The fourth-order valence-electron chi connectivity index (χ4n) is 3.17. The van der Waals surface area contributed by atoms with E-state index in [9.17, 15) is 9.18 Å². The number of nitrogens with one attached hydrogen (secondary N) is 1. The number of methoxy groups -OCH3 is 1. The number of hydrogen-bond acceptors (Lipinski definition) is 3. The van der Waals surface area contributed by atoms with Crippen LogP contribution >= 0.6 is 0 Å². The molecule has 0 saturated heterocycles. The Balaban J connectivity index is 1.92. The van der Waals surface area contributed by atoms with E-state index in [0.29, 0.717) is 18.0 Å². The first-order chi connectivity index (χ1) is 10.6. The van der Waals surface area contributed by atoms with E-state index in [4.69, 9.17) is 10.5 Å². The summed E-state index contributed by atoms with van der Waals surface area (Å²) in [6.45, 7) is 0.452. The van der Waals surface area contributed by atoms with Crippen LogP contribution in [-0.2, 0) is 11.2 Å². The van der Waals surface area contributed by atoms with Crippen molar-refractivity contribution in [2.75, 3.05) is 13.7 Å². The van der Waals surface area contributed by atoms with E-state index in [1.165, 1.54) is 32.4 Å². The van der Waals surface area contributed by atoms with Crippen LogP contribution in [0.15, 0.2) is 18.2 Å². The van der Waals surface area contributed by atoms with Crippen molar-refractivity contribution in [2.45, 2.75) is 44.6 Å². The van der Waals surface area contributed by atoms with E-state index >= 15 is 0 Å². The second kappa shape index (κ2) is 8.13. The van der Waals surface area contributed by atoms with E-state index in [0.717, 1.165) is 12.8 Å². The zero-order valence-electron chi connectivity index (χ0n) is 13.1. The lowest BCUT2D eigenvalue weighted by Crippen LogP contribution is -2.46. The molecular formula is C17H25FN2O2. The second-order valence-electron chi connectivity index (χ2n) is 5.95. The highest BCUT2D eigenvalue weighted by Crippen LogP contribution is 2.26. The Bertz CT molecular complexity index is 501. The molecule has 22 heavy (non-hydrogen) atoms. The second-order valence-corrected chi connectivity index (χ2v) is 5.95. The Kier molecular flexibility index (Phi) is 6.19. The van der Waals surface area contributed by atoms with Gasteiger partial charge in [0.15, 0.2) is 11.6 Å². The van der Waals surface area contributed by atoms with Crippen LogP contribution in [0.25, 0.3) is 0 Å². The van der Waals surface area contributed by atoms with Crippen LogP contribution in [0.2, 0.25) is 0 Å². The topological polar surface area (TPSA) is 64.3 Å². The van der Waals surface area contributed by atoms with Gasteiger partial charge in [-0.3, -0.25) is 4.79 Å². The molecule has 1 fully saturated rings. The summed E-state index contributed by atoms with van der Waals surface area (Å²) in [5.41, 5.74) is 6.45. The molecule has 0 heterocycles. The molecule has 1 aliphatic carbocycles. The van der Waals surface area contributed by atoms with Crippen molar-refractivity contribution in [3.05, 3.63) is 29.6 Å². The third kappa shape index (κ3) is 4.44. The largest absolute Gasteiger partial charge is 0.494 e. The van der Waals surface area contributed by atoms with E-state index in [1.807, 2.05) is 0 Å². The molecule has 4 nitrogen and oxygen atoms in total. The Labute approximate surface area is 131 Å². The lowest BCUT2D eigenvalue weighted by molar-refractivity contribution is -0.121. The van der Waals surface area contributed by atoms with E-state index in [-0.39, 0.29) is 24.1 Å². The molecule has 1 amide bonds. The first-order valence-corrected chi connectivity index (χ1v) is 7.96. The van der Waals surface area contributed by atoms with Gasteiger partial charge < -0.3 is 15.8 Å². The molecule has 0 bridgehead atoms. The molecule has 5 heteroatoms. The van der Waals surface area contributed by atoms with Crippen molar-refractivity contribution in [3.63, 3.8) is 0 Å². The summed E-state index contributed by atoms with van der Waals surface area (Å²) in [6, 6.07) is 4.62. The van der Waals surface area contributed by atoms with Gasteiger partial charge in [-0.2, -0.15) is 0 Å². The first kappa shape index (κ1) is 16.7. The lowest BCUT2D eigenvalue weighted by atomic mass is 9.84. The Morgan fingerprint density at radius 1 is 1.41 bits per heavy atom. The molecule has 1 aromatic rings. The standard InChI is InChI=1S/C17H25FN2O2/c1-22-16-8-7-12(9-14(16)18)10-17(21)20-15(11-19)13-5-3-2-4-6-13/h7-9,13,15H,2-6,10-11,19H2,1H3,(H,20,21). The molecule has 0 radical (unpaired) electrons. The lowest BCUT2D eigenvalue weighted by Gasteiger charge is -2.30. The highest BCUT2D eigenvalue weighted by Gasteiger charge is 2.24. The first-order valence-electron chi connectivity index (χ1n) is 7.96. The average molecular weight is 308 g/mol. The number of amides is 1. The van der Waals surface area contributed by atoms with Crippen molar-refractivity contribution in [3.8, 4) is 5.75 Å². The third-order valence-corrected chi connectivity index (χ3v) is 4.40. The Hall–Kier alpha value is -1.62. The molecule has 122 valence electrons. The van der Waals surface area contributed by atoms with Gasteiger partial charge in [-0.05, 0) is 36.5 Å². The number of carbonyl (C=O) groups is 1. The highest BCUT2D eigenvalue weighted by molar-refractivity contribution is 5.79. The molecule has 0 aromatic heterocycles. The van der Waals surface area contributed by atoms with Gasteiger partial charge in [0.05, 0.1) is 13.5 Å². The van der Waals surface area contributed by atoms with Gasteiger partial charge in [0.25, 0.3) is 0 Å². The number of halogens is 1. The smallest absolute Gasteiger partial charge is 0.224 e. The fraction of sp³-hybridized carbons (Fsp3) is 0.588. The quantitative estimate of drug-likeness (QED) is 0.848. The van der Waals surface area contributed by atoms with E-state index in [1.54, 1.807) is 12.1 Å². The van der Waals surface area contributed by atoms with Gasteiger partial charge in [-0.1, -0.05) is 25.3 Å². The number of rotatable bonds is 6. The summed E-state index contributed by atoms with van der Waals surface area (Å²) in [4.78, 5) is 12.2. The SMILES string of the molecule is COc1ccc(CC(=O)NC(CN)C2CCCCC2)cc1F. The van der Waals surface area contributed by atoms with Crippen LogP contribution in [0.3, 0.4) is 0 Å². The molecular weight excluding hydrogens is 283 g/mol. The zero-order chi connectivity index (χ0) is 15.9. The van der Waals surface area contributed by atoms with Crippen molar-refractivity contribution >= 4 is 5.91 Å². The summed E-state index contributed by atoms with van der Waals surface area (Å²) in [5, 5.41) is 3.02. The maximum Gasteiger partial charge on any atom is 0.224 e. The summed E-state index contributed by atoms with van der Waals surface area (Å²) >= 11 is 0. The van der Waals surface area contributed by atoms with Crippen molar-refractivity contribution in [2.24, 2.45) is 11.7 Å².